The quantitative estimate of drug-likeness (QED) is 0.158. The van der Waals surface area contributed by atoms with Gasteiger partial charge in [-0.3, -0.25) is 0 Å². The molecule has 0 saturated heterocycles. The third kappa shape index (κ3) is 12.4. The molecule has 3 nitrogen and oxygen atoms in total. The molecule has 0 saturated carbocycles. The molecule has 0 aliphatic heterocycles. The Morgan fingerprint density at radius 3 is 1.44 bits per heavy atom. The average Bonchev–Trinajstić information content (AvgIpc) is 2.52. The van der Waals surface area contributed by atoms with Gasteiger partial charge in [0.05, 0.1) is 0 Å². The van der Waals surface area contributed by atoms with Gasteiger partial charge >= 0.3 is 166 Å². The van der Waals surface area contributed by atoms with Gasteiger partial charge in [0.15, 0.2) is 0 Å². The summed E-state index contributed by atoms with van der Waals surface area (Å²) in [7, 11) is 0. The molecule has 0 spiro atoms. The first-order chi connectivity index (χ1) is 11.7. The van der Waals surface area contributed by atoms with E-state index in [2.05, 4.69) is 20.8 Å². The molecule has 6 heteroatoms. The van der Waals surface area contributed by atoms with E-state index in [9.17, 15) is 4.57 Å². The zero-order valence-corrected chi connectivity index (χ0v) is 22.4. The van der Waals surface area contributed by atoms with Gasteiger partial charge in [0.25, 0.3) is 0 Å². The van der Waals surface area contributed by atoms with Crippen LogP contribution < -0.4 is 0 Å². The second kappa shape index (κ2) is 14.3. The van der Waals surface area contributed by atoms with Crippen molar-refractivity contribution in [2.75, 3.05) is 3.77 Å². The van der Waals surface area contributed by atoms with E-state index in [1.54, 1.807) is 11.4 Å². The summed E-state index contributed by atoms with van der Waals surface area (Å²) in [5.41, 5.74) is 0. The summed E-state index contributed by atoms with van der Waals surface area (Å²) in [6, 6.07) is 0. The number of unbranched alkanes of at least 4 members (excludes halogenated alkanes) is 3. The molecule has 0 bridgehead atoms. The molecule has 0 amide bonds. The van der Waals surface area contributed by atoms with Crippen molar-refractivity contribution in [3.05, 3.63) is 0 Å². The molecule has 0 aromatic carbocycles. The Kier molecular flexibility index (Phi) is 15.1. The summed E-state index contributed by atoms with van der Waals surface area (Å²) in [5, 5.41) is 0. The van der Waals surface area contributed by atoms with Gasteiger partial charge in [-0.25, -0.2) is 0 Å². The Bertz CT molecular complexity index is 342. The minimum atomic E-state index is -3.06. The Morgan fingerprint density at radius 2 is 1.16 bits per heavy atom. The van der Waals surface area contributed by atoms with Crippen LogP contribution in [0.4, 0.5) is 0 Å². The summed E-state index contributed by atoms with van der Waals surface area (Å²) in [6.07, 6.45) is 7.69. The van der Waals surface area contributed by atoms with E-state index in [4.69, 9.17) is 9.05 Å². The van der Waals surface area contributed by atoms with Crippen molar-refractivity contribution in [1.82, 2.24) is 0 Å². The molecule has 0 fully saturated rings. The van der Waals surface area contributed by atoms with E-state index in [1.807, 2.05) is 27.7 Å². The van der Waals surface area contributed by atoms with Gasteiger partial charge < -0.3 is 0 Å². The van der Waals surface area contributed by atoms with Crippen molar-refractivity contribution in [3.63, 3.8) is 0 Å². The van der Waals surface area contributed by atoms with Crippen LogP contribution in [0.3, 0.4) is 0 Å². The molecular formula is C19H43O3PSSn. The number of hydrogen-bond acceptors (Lipinski definition) is 4. The van der Waals surface area contributed by atoms with Crippen LogP contribution in [0.1, 0.15) is 87.0 Å². The monoisotopic (exact) mass is 502 g/mol. The molecule has 0 atom stereocenters. The summed E-state index contributed by atoms with van der Waals surface area (Å²) < 4.78 is 30.2. The first-order valence-electron chi connectivity index (χ1n) is 10.3. The molecule has 0 unspecified atom stereocenters. The SMILES string of the molecule is CCC[CH2][Sn]([CH2]CCC)([CH2]CCC)[CH2]SP(=O)(OC(C)C)OC(C)C. The molecular weight excluding hydrogens is 458 g/mol. The van der Waals surface area contributed by atoms with Crippen LogP contribution in [0.25, 0.3) is 0 Å². The maximum absolute atomic E-state index is 13.3. The molecule has 0 aromatic rings. The zero-order chi connectivity index (χ0) is 19.3. The summed E-state index contributed by atoms with van der Waals surface area (Å²) in [4.78, 5) is 0. The van der Waals surface area contributed by atoms with Crippen molar-refractivity contribution in [2.24, 2.45) is 0 Å². The fraction of sp³-hybridized carbons (Fsp3) is 1.00. The fourth-order valence-electron chi connectivity index (χ4n) is 3.06. The summed E-state index contributed by atoms with van der Waals surface area (Å²) in [6.45, 7) is 11.6. The van der Waals surface area contributed by atoms with E-state index in [0.717, 1.165) is 3.77 Å². The van der Waals surface area contributed by atoms with Crippen LogP contribution in [-0.4, -0.2) is 34.4 Å². The van der Waals surface area contributed by atoms with Crippen LogP contribution in [0.2, 0.25) is 13.3 Å². The van der Waals surface area contributed by atoms with Crippen LogP contribution in [0, 0.1) is 0 Å². The molecule has 0 radical (unpaired) electrons. The topological polar surface area (TPSA) is 35.5 Å². The Balaban J connectivity index is 5.22. The second-order valence-electron chi connectivity index (χ2n) is 7.84. The first kappa shape index (κ1) is 26.3. The van der Waals surface area contributed by atoms with E-state index in [0.29, 0.717) is 0 Å². The molecule has 0 heterocycles. The number of hydrogen-bond donors (Lipinski definition) is 0. The van der Waals surface area contributed by atoms with Crippen LogP contribution in [0.5, 0.6) is 0 Å². The van der Waals surface area contributed by atoms with Gasteiger partial charge in [-0.05, 0) is 0 Å². The first-order valence-corrected chi connectivity index (χ1v) is 21.5. The third-order valence-corrected chi connectivity index (χ3v) is 29.3. The Hall–Kier alpha value is 1.30. The van der Waals surface area contributed by atoms with E-state index in [1.165, 1.54) is 51.8 Å². The minimum absolute atomic E-state index is 0.0661. The fourth-order valence-corrected chi connectivity index (χ4v) is 34.2. The van der Waals surface area contributed by atoms with E-state index in [-0.39, 0.29) is 12.2 Å². The van der Waals surface area contributed by atoms with E-state index >= 15 is 0 Å². The second-order valence-corrected chi connectivity index (χ2v) is 27.1. The van der Waals surface area contributed by atoms with Gasteiger partial charge in [0.1, 0.15) is 0 Å². The van der Waals surface area contributed by atoms with Crippen LogP contribution >= 0.6 is 18.2 Å². The Labute approximate surface area is 165 Å². The van der Waals surface area contributed by atoms with Gasteiger partial charge in [0.2, 0.25) is 0 Å². The van der Waals surface area contributed by atoms with E-state index < -0.39 is 25.2 Å². The molecule has 0 N–H and O–H groups in total. The molecule has 152 valence electrons. The van der Waals surface area contributed by atoms with Gasteiger partial charge in [-0.2, -0.15) is 0 Å². The van der Waals surface area contributed by atoms with Crippen molar-refractivity contribution >= 4 is 36.6 Å². The van der Waals surface area contributed by atoms with Crippen molar-refractivity contribution < 1.29 is 13.6 Å². The molecule has 25 heavy (non-hydrogen) atoms. The summed E-state index contributed by atoms with van der Waals surface area (Å²) >= 11 is -0.770. The third-order valence-electron chi connectivity index (χ3n) is 4.39. The van der Waals surface area contributed by atoms with Gasteiger partial charge in [-0.15, -0.1) is 0 Å². The summed E-state index contributed by atoms with van der Waals surface area (Å²) in [5.74, 6) is 0. The van der Waals surface area contributed by atoms with Crippen LogP contribution in [-0.2, 0) is 13.6 Å². The standard InChI is InChI=1S/C7H16O3PS.3C4H9.Sn/c1-6(2)9-11(8,12-5)10-7(3)4;3*1-3-4-2;/h6-7H,5H2,1-4H3;3*1,3-4H2,2H3;. The Morgan fingerprint density at radius 1 is 0.800 bits per heavy atom. The number of rotatable bonds is 16. The average molecular weight is 501 g/mol. The van der Waals surface area contributed by atoms with Crippen molar-refractivity contribution in [2.45, 2.75) is 113 Å². The van der Waals surface area contributed by atoms with Gasteiger partial charge in [0, 0.05) is 0 Å². The van der Waals surface area contributed by atoms with Crippen molar-refractivity contribution in [3.8, 4) is 0 Å². The predicted octanol–water partition coefficient (Wildman–Crippen LogP) is 8.07. The predicted molar refractivity (Wildman–Crippen MR) is 117 cm³/mol. The molecule has 0 aliphatic carbocycles. The van der Waals surface area contributed by atoms with Gasteiger partial charge in [-0.1, -0.05) is 0 Å². The molecule has 0 aliphatic rings. The van der Waals surface area contributed by atoms with Crippen LogP contribution in [0.15, 0.2) is 0 Å². The normalized spacial score (nSPS) is 13.2. The zero-order valence-electron chi connectivity index (χ0n) is 17.8. The maximum atomic E-state index is 13.3. The van der Waals surface area contributed by atoms with Crippen molar-refractivity contribution in [1.29, 1.82) is 0 Å². The molecule has 0 aromatic heterocycles. The molecule has 0 rings (SSSR count).